The van der Waals surface area contributed by atoms with Gasteiger partial charge >= 0.3 is 0 Å². The maximum Gasteiger partial charge on any atom is 0.230 e. The summed E-state index contributed by atoms with van der Waals surface area (Å²) in [5.41, 5.74) is 1.28. The number of benzene rings is 1. The van der Waals surface area contributed by atoms with Crippen molar-refractivity contribution in [1.82, 2.24) is 15.1 Å². The summed E-state index contributed by atoms with van der Waals surface area (Å²) in [4.78, 5) is 2.11. The molecule has 1 heterocycles. The second-order valence-electron chi connectivity index (χ2n) is 4.45. The van der Waals surface area contributed by atoms with E-state index in [1.165, 1.54) is 5.56 Å². The van der Waals surface area contributed by atoms with Crippen LogP contribution in [0, 0.1) is 6.92 Å². The van der Waals surface area contributed by atoms with Crippen LogP contribution in [-0.2, 0) is 13.0 Å². The minimum atomic E-state index is 0.127. The van der Waals surface area contributed by atoms with Crippen LogP contribution in [0.5, 0.6) is 0 Å². The molecule has 0 radical (unpaired) electrons. The average Bonchev–Trinajstić information content (AvgIpc) is 2.83. The van der Waals surface area contributed by atoms with E-state index in [2.05, 4.69) is 27.2 Å². The summed E-state index contributed by atoms with van der Waals surface area (Å²) in [5.74, 6) is 1.17. The summed E-state index contributed by atoms with van der Waals surface area (Å²) in [6.07, 6.45) is 0.938. The molecule has 102 valence electrons. The first kappa shape index (κ1) is 13.7. The van der Waals surface area contributed by atoms with Crippen LogP contribution in [-0.4, -0.2) is 39.9 Å². The number of hydrogen-bond acceptors (Lipinski definition) is 5. The fraction of sp³-hybridized carbons (Fsp3) is 0.429. The molecule has 0 aliphatic carbocycles. The van der Waals surface area contributed by atoms with Crippen LogP contribution < -0.4 is 0 Å². The van der Waals surface area contributed by atoms with E-state index in [-0.39, 0.29) is 6.61 Å². The number of aryl methyl sites for hydroxylation is 1. The number of aliphatic hydroxyl groups excluding tert-OH is 1. The normalized spacial score (nSPS) is 11.1. The molecule has 2 rings (SSSR count). The van der Waals surface area contributed by atoms with Crippen LogP contribution in [0.4, 0.5) is 0 Å². The number of hydrogen-bond donors (Lipinski definition) is 1. The molecule has 19 heavy (non-hydrogen) atoms. The fourth-order valence-corrected chi connectivity index (χ4v) is 1.94. The predicted molar refractivity (Wildman–Crippen MR) is 71.5 cm³/mol. The third-order valence-electron chi connectivity index (χ3n) is 2.90. The van der Waals surface area contributed by atoms with E-state index in [1.807, 2.05) is 18.2 Å². The van der Waals surface area contributed by atoms with E-state index >= 15 is 0 Å². The van der Waals surface area contributed by atoms with Crippen molar-refractivity contribution in [3.63, 3.8) is 0 Å². The third-order valence-corrected chi connectivity index (χ3v) is 2.90. The second kappa shape index (κ2) is 7.01. The minimum Gasteiger partial charge on any atom is -0.424 e. The zero-order valence-electron chi connectivity index (χ0n) is 11.1. The monoisotopic (exact) mass is 261 g/mol. The van der Waals surface area contributed by atoms with E-state index in [1.54, 1.807) is 6.92 Å². The molecule has 2 aromatic rings. The molecule has 0 atom stereocenters. The van der Waals surface area contributed by atoms with Gasteiger partial charge in [-0.2, -0.15) is 0 Å². The van der Waals surface area contributed by atoms with E-state index in [0.717, 1.165) is 13.0 Å². The molecule has 5 heteroatoms. The summed E-state index contributed by atoms with van der Waals surface area (Å²) >= 11 is 0. The Kier molecular flexibility index (Phi) is 5.06. The standard InChI is InChI=1S/C14H19N3O2/c1-12-15-16-14(19-12)11-17(9-10-18)8-7-13-5-3-2-4-6-13/h2-6,18H,7-11H2,1H3. The molecular formula is C14H19N3O2. The highest BCUT2D eigenvalue weighted by atomic mass is 16.4. The van der Waals surface area contributed by atoms with Crippen LogP contribution in [0.25, 0.3) is 0 Å². The molecule has 0 spiro atoms. The zero-order valence-corrected chi connectivity index (χ0v) is 11.1. The van der Waals surface area contributed by atoms with Gasteiger partial charge in [0.1, 0.15) is 0 Å². The van der Waals surface area contributed by atoms with E-state index in [4.69, 9.17) is 9.52 Å². The summed E-state index contributed by atoms with van der Waals surface area (Å²) in [5, 5.41) is 16.9. The van der Waals surface area contributed by atoms with Crippen molar-refractivity contribution in [3.05, 3.63) is 47.7 Å². The Morgan fingerprint density at radius 2 is 1.95 bits per heavy atom. The minimum absolute atomic E-state index is 0.127. The summed E-state index contributed by atoms with van der Waals surface area (Å²) in [6.45, 7) is 3.94. The van der Waals surface area contributed by atoms with Crippen LogP contribution in [0.3, 0.4) is 0 Å². The van der Waals surface area contributed by atoms with Crippen LogP contribution >= 0.6 is 0 Å². The van der Waals surface area contributed by atoms with Crippen molar-refractivity contribution >= 4 is 0 Å². The van der Waals surface area contributed by atoms with Gasteiger partial charge in [-0.3, -0.25) is 4.90 Å². The first-order valence-electron chi connectivity index (χ1n) is 6.44. The number of nitrogens with zero attached hydrogens (tertiary/aromatic N) is 3. The maximum absolute atomic E-state index is 9.11. The average molecular weight is 261 g/mol. The van der Waals surface area contributed by atoms with Gasteiger partial charge in [-0.25, -0.2) is 0 Å². The highest BCUT2D eigenvalue weighted by Gasteiger charge is 2.10. The number of aliphatic hydroxyl groups is 1. The molecule has 1 N–H and O–H groups in total. The van der Waals surface area contributed by atoms with Gasteiger partial charge in [-0.05, 0) is 12.0 Å². The number of aromatic nitrogens is 2. The maximum atomic E-state index is 9.11. The van der Waals surface area contributed by atoms with Crippen molar-refractivity contribution in [1.29, 1.82) is 0 Å². The summed E-state index contributed by atoms with van der Waals surface area (Å²) in [7, 11) is 0. The number of rotatable bonds is 7. The lowest BCUT2D eigenvalue weighted by molar-refractivity contribution is 0.179. The molecule has 1 aromatic heterocycles. The van der Waals surface area contributed by atoms with Crippen molar-refractivity contribution < 1.29 is 9.52 Å². The van der Waals surface area contributed by atoms with Crippen LogP contribution in [0.15, 0.2) is 34.7 Å². The Labute approximate surface area is 112 Å². The molecule has 0 saturated carbocycles. The Morgan fingerprint density at radius 1 is 1.16 bits per heavy atom. The lowest BCUT2D eigenvalue weighted by Gasteiger charge is -2.19. The largest absolute Gasteiger partial charge is 0.424 e. The quantitative estimate of drug-likeness (QED) is 0.816. The van der Waals surface area contributed by atoms with Crippen molar-refractivity contribution in [2.24, 2.45) is 0 Å². The van der Waals surface area contributed by atoms with Crippen LogP contribution in [0.1, 0.15) is 17.3 Å². The highest BCUT2D eigenvalue weighted by molar-refractivity contribution is 5.14. The molecule has 0 aliphatic rings. The van der Waals surface area contributed by atoms with E-state index in [0.29, 0.717) is 24.9 Å². The molecule has 0 unspecified atom stereocenters. The van der Waals surface area contributed by atoms with Crippen molar-refractivity contribution in [2.75, 3.05) is 19.7 Å². The van der Waals surface area contributed by atoms with Crippen LogP contribution in [0.2, 0.25) is 0 Å². The fourth-order valence-electron chi connectivity index (χ4n) is 1.94. The van der Waals surface area contributed by atoms with Gasteiger partial charge < -0.3 is 9.52 Å². The predicted octanol–water partition coefficient (Wildman–Crippen LogP) is 1.42. The molecule has 0 fully saturated rings. The Morgan fingerprint density at radius 3 is 2.58 bits per heavy atom. The first-order chi connectivity index (χ1) is 9.28. The van der Waals surface area contributed by atoms with Gasteiger partial charge in [0.25, 0.3) is 0 Å². The molecule has 0 amide bonds. The van der Waals surface area contributed by atoms with Gasteiger partial charge in [-0.1, -0.05) is 30.3 Å². The van der Waals surface area contributed by atoms with Crippen molar-refractivity contribution in [3.8, 4) is 0 Å². The Hall–Kier alpha value is -1.72. The highest BCUT2D eigenvalue weighted by Crippen LogP contribution is 2.06. The first-order valence-corrected chi connectivity index (χ1v) is 6.44. The van der Waals surface area contributed by atoms with Gasteiger partial charge in [0.05, 0.1) is 13.2 Å². The smallest absolute Gasteiger partial charge is 0.230 e. The van der Waals surface area contributed by atoms with Gasteiger partial charge in [0.2, 0.25) is 11.8 Å². The van der Waals surface area contributed by atoms with Gasteiger partial charge in [-0.15, -0.1) is 10.2 Å². The lowest BCUT2D eigenvalue weighted by atomic mass is 10.1. The molecule has 1 aromatic carbocycles. The third kappa shape index (κ3) is 4.46. The summed E-state index contributed by atoms with van der Waals surface area (Å²) in [6, 6.07) is 10.3. The summed E-state index contributed by atoms with van der Waals surface area (Å²) < 4.78 is 5.37. The molecule has 5 nitrogen and oxygen atoms in total. The lowest BCUT2D eigenvalue weighted by Crippen LogP contribution is -2.28. The van der Waals surface area contributed by atoms with Gasteiger partial charge in [0.15, 0.2) is 0 Å². The topological polar surface area (TPSA) is 62.4 Å². The molecular weight excluding hydrogens is 242 g/mol. The molecule has 0 aliphatic heterocycles. The second-order valence-corrected chi connectivity index (χ2v) is 4.45. The zero-order chi connectivity index (χ0) is 13.5. The molecule has 0 saturated heterocycles. The molecule has 0 bridgehead atoms. The van der Waals surface area contributed by atoms with E-state index < -0.39 is 0 Å². The van der Waals surface area contributed by atoms with Crippen molar-refractivity contribution in [2.45, 2.75) is 19.9 Å². The Bertz CT molecular complexity index is 484. The van der Waals surface area contributed by atoms with Gasteiger partial charge in [0, 0.05) is 20.0 Å². The SMILES string of the molecule is Cc1nnc(CN(CCO)CCc2ccccc2)o1. The Balaban J connectivity index is 1.89. The van der Waals surface area contributed by atoms with E-state index in [9.17, 15) is 0 Å².